The molecule has 0 aliphatic rings. The first kappa shape index (κ1) is 11.1. The zero-order valence-electron chi connectivity index (χ0n) is 8.37. The van der Waals surface area contributed by atoms with E-state index in [2.05, 4.69) is 0 Å². The summed E-state index contributed by atoms with van der Waals surface area (Å²) in [6.07, 6.45) is 0. The molecule has 78 valence electrons. The summed E-state index contributed by atoms with van der Waals surface area (Å²) in [5.74, 6) is -0.472. The van der Waals surface area contributed by atoms with Crippen LogP contribution in [0.25, 0.3) is 0 Å². The lowest BCUT2D eigenvalue weighted by Gasteiger charge is -2.12. The maximum absolute atomic E-state index is 13.1. The van der Waals surface area contributed by atoms with Gasteiger partial charge in [-0.2, -0.15) is 0 Å². The van der Waals surface area contributed by atoms with Gasteiger partial charge in [-0.15, -0.1) is 0 Å². The quantitative estimate of drug-likeness (QED) is 0.605. The molecule has 0 aromatic heterocycles. The van der Waals surface area contributed by atoms with Gasteiger partial charge in [0.2, 0.25) is 0 Å². The molecule has 14 heavy (non-hydrogen) atoms. The molecule has 3 nitrogen and oxygen atoms in total. The van der Waals surface area contributed by atoms with Crippen LogP contribution in [0.4, 0.5) is 10.1 Å². The fourth-order valence-electron chi connectivity index (χ4n) is 1.18. The van der Waals surface area contributed by atoms with Gasteiger partial charge in [-0.1, -0.05) is 0 Å². The second-order valence-electron chi connectivity index (χ2n) is 3.40. The summed E-state index contributed by atoms with van der Waals surface area (Å²) in [6.45, 7) is 3.16. The summed E-state index contributed by atoms with van der Waals surface area (Å²) in [4.78, 5) is 0. The number of nitrogens with two attached hydrogens (primary N) is 1. The summed E-state index contributed by atoms with van der Waals surface area (Å²) in [7, 11) is -1.13. The lowest BCUT2D eigenvalue weighted by atomic mass is 10.3. The Labute approximate surface area is 82.4 Å². The van der Waals surface area contributed by atoms with Gasteiger partial charge in [0.15, 0.2) is 11.6 Å². The molecule has 0 radical (unpaired) electrons. The number of halogens is 1. The van der Waals surface area contributed by atoms with Crippen LogP contribution in [0.15, 0.2) is 12.1 Å². The van der Waals surface area contributed by atoms with Crippen molar-refractivity contribution in [1.29, 1.82) is 0 Å². The van der Waals surface area contributed by atoms with E-state index < -0.39 is 13.0 Å². The number of benzene rings is 1. The molecule has 0 aliphatic carbocycles. The molecule has 0 amide bonds. The van der Waals surface area contributed by atoms with Crippen LogP contribution in [-0.2, 0) is 4.57 Å². The highest BCUT2D eigenvalue weighted by Crippen LogP contribution is 2.38. The Kier molecular flexibility index (Phi) is 2.86. The minimum absolute atomic E-state index is 0.0677. The van der Waals surface area contributed by atoms with Gasteiger partial charge < -0.3 is 15.0 Å². The number of hydrogen-bond acceptors (Lipinski definition) is 3. The molecule has 0 aliphatic heterocycles. The average Bonchev–Trinajstić information content (AvgIpc) is 2.02. The van der Waals surface area contributed by atoms with Gasteiger partial charge in [0.25, 0.3) is 0 Å². The standard InChI is InChI=1S/C9H13FNO2P/c1-13-8-5-9(14(2,3)12)7(11)4-6(8)10/h4-5H,11H2,1-3H3. The fourth-order valence-corrected chi connectivity index (χ4v) is 2.30. The molecule has 0 spiro atoms. The van der Waals surface area contributed by atoms with Crippen molar-refractivity contribution < 1.29 is 13.7 Å². The van der Waals surface area contributed by atoms with Crippen molar-refractivity contribution in [1.82, 2.24) is 0 Å². The van der Waals surface area contributed by atoms with Crippen LogP contribution in [0.1, 0.15) is 0 Å². The second-order valence-corrected chi connectivity index (χ2v) is 6.58. The lowest BCUT2D eigenvalue weighted by molar-refractivity contribution is 0.387. The predicted molar refractivity (Wildman–Crippen MR) is 56.5 cm³/mol. The van der Waals surface area contributed by atoms with E-state index in [4.69, 9.17) is 10.5 Å². The Morgan fingerprint density at radius 2 is 2.00 bits per heavy atom. The van der Waals surface area contributed by atoms with E-state index >= 15 is 0 Å². The topological polar surface area (TPSA) is 52.3 Å². The Morgan fingerprint density at radius 3 is 2.43 bits per heavy atom. The smallest absolute Gasteiger partial charge is 0.167 e. The van der Waals surface area contributed by atoms with E-state index in [0.717, 1.165) is 6.07 Å². The first-order chi connectivity index (χ1) is 6.36. The number of ether oxygens (including phenoxy) is 1. The van der Waals surface area contributed by atoms with E-state index in [9.17, 15) is 8.96 Å². The molecule has 0 unspecified atom stereocenters. The average molecular weight is 217 g/mol. The summed E-state index contributed by atoms with van der Waals surface area (Å²) in [5, 5.41) is 0.454. The molecule has 0 saturated carbocycles. The van der Waals surface area contributed by atoms with Crippen molar-refractivity contribution >= 4 is 18.1 Å². The van der Waals surface area contributed by atoms with E-state index in [1.807, 2.05) is 0 Å². The van der Waals surface area contributed by atoms with Gasteiger partial charge in [0, 0.05) is 17.1 Å². The van der Waals surface area contributed by atoms with Gasteiger partial charge in [0.05, 0.1) is 7.11 Å². The van der Waals surface area contributed by atoms with Gasteiger partial charge in [-0.3, -0.25) is 0 Å². The third kappa shape index (κ3) is 2.07. The summed E-state index contributed by atoms with van der Waals surface area (Å²) in [5.41, 5.74) is 5.77. The minimum atomic E-state index is -2.49. The zero-order chi connectivity index (χ0) is 10.9. The van der Waals surface area contributed by atoms with Crippen LogP contribution >= 0.6 is 7.14 Å². The van der Waals surface area contributed by atoms with Crippen molar-refractivity contribution in [2.45, 2.75) is 0 Å². The summed E-state index contributed by atoms with van der Waals surface area (Å²) >= 11 is 0. The van der Waals surface area contributed by atoms with E-state index in [-0.39, 0.29) is 11.4 Å². The van der Waals surface area contributed by atoms with Gasteiger partial charge in [0.1, 0.15) is 7.14 Å². The van der Waals surface area contributed by atoms with Crippen LogP contribution in [0.5, 0.6) is 5.75 Å². The molecule has 0 saturated heterocycles. The maximum atomic E-state index is 13.1. The molecule has 0 bridgehead atoms. The first-order valence-electron chi connectivity index (χ1n) is 4.05. The highest BCUT2D eigenvalue weighted by Gasteiger charge is 2.18. The maximum Gasteiger partial charge on any atom is 0.167 e. The van der Waals surface area contributed by atoms with Crippen molar-refractivity contribution in [2.24, 2.45) is 0 Å². The summed E-state index contributed by atoms with van der Waals surface area (Å²) in [6, 6.07) is 2.53. The highest BCUT2D eigenvalue weighted by atomic mass is 31.2. The van der Waals surface area contributed by atoms with Crippen LogP contribution in [0.2, 0.25) is 0 Å². The number of rotatable bonds is 2. The number of anilines is 1. The Bertz CT molecular complexity index is 400. The third-order valence-electron chi connectivity index (χ3n) is 1.88. The Hall–Kier alpha value is -1.02. The second kappa shape index (κ2) is 3.62. The van der Waals surface area contributed by atoms with Gasteiger partial charge in [-0.25, -0.2) is 4.39 Å². The molecule has 0 atom stereocenters. The highest BCUT2D eigenvalue weighted by molar-refractivity contribution is 7.70. The van der Waals surface area contributed by atoms with Crippen molar-refractivity contribution in [3.63, 3.8) is 0 Å². The third-order valence-corrected chi connectivity index (χ3v) is 3.43. The molecule has 0 fully saturated rings. The SMILES string of the molecule is COc1cc(P(C)(C)=O)c(N)cc1F. The van der Waals surface area contributed by atoms with E-state index in [1.54, 1.807) is 13.3 Å². The van der Waals surface area contributed by atoms with Crippen LogP contribution < -0.4 is 15.8 Å². The predicted octanol–water partition coefficient (Wildman–Crippen LogP) is 1.66. The number of hydrogen-bond donors (Lipinski definition) is 1. The number of nitrogen functional groups attached to an aromatic ring is 1. The van der Waals surface area contributed by atoms with Crippen molar-refractivity contribution in [2.75, 3.05) is 26.2 Å². The normalized spacial score (nSPS) is 11.4. The van der Waals surface area contributed by atoms with Gasteiger partial charge >= 0.3 is 0 Å². The molecule has 2 N–H and O–H groups in total. The molecular formula is C9H13FNO2P. The van der Waals surface area contributed by atoms with E-state index in [1.165, 1.54) is 13.2 Å². The first-order valence-corrected chi connectivity index (χ1v) is 6.65. The van der Waals surface area contributed by atoms with Crippen molar-refractivity contribution in [3.05, 3.63) is 17.9 Å². The van der Waals surface area contributed by atoms with Gasteiger partial charge in [-0.05, 0) is 19.4 Å². The lowest BCUT2D eigenvalue weighted by Crippen LogP contribution is -2.11. The van der Waals surface area contributed by atoms with Crippen LogP contribution in [0.3, 0.4) is 0 Å². The monoisotopic (exact) mass is 217 g/mol. The Balaban J connectivity index is 3.39. The molecule has 0 heterocycles. The molecule has 5 heteroatoms. The molecule has 1 rings (SSSR count). The summed E-state index contributed by atoms with van der Waals surface area (Å²) < 4.78 is 29.7. The molecule has 1 aromatic carbocycles. The van der Waals surface area contributed by atoms with Crippen molar-refractivity contribution in [3.8, 4) is 5.75 Å². The van der Waals surface area contributed by atoms with E-state index in [0.29, 0.717) is 5.30 Å². The fraction of sp³-hybridized carbons (Fsp3) is 0.333. The minimum Gasteiger partial charge on any atom is -0.494 e. The number of methoxy groups -OCH3 is 1. The Morgan fingerprint density at radius 1 is 1.43 bits per heavy atom. The zero-order valence-corrected chi connectivity index (χ0v) is 9.27. The van der Waals surface area contributed by atoms with Crippen LogP contribution in [-0.4, -0.2) is 20.4 Å². The largest absolute Gasteiger partial charge is 0.494 e. The molecule has 1 aromatic rings. The molecular weight excluding hydrogens is 204 g/mol. The van der Waals surface area contributed by atoms with Crippen LogP contribution in [0, 0.1) is 5.82 Å².